The van der Waals surface area contributed by atoms with Gasteiger partial charge in [0, 0.05) is 37.2 Å². The summed E-state index contributed by atoms with van der Waals surface area (Å²) in [6, 6.07) is 6.10. The second-order valence-electron chi connectivity index (χ2n) is 7.43. The highest BCUT2D eigenvalue weighted by atomic mass is 35.5. The van der Waals surface area contributed by atoms with E-state index in [2.05, 4.69) is 16.8 Å². The number of aromatic nitrogens is 2. The fourth-order valence-electron chi connectivity index (χ4n) is 4.14. The Hall–Kier alpha value is -1.34. The van der Waals surface area contributed by atoms with Gasteiger partial charge in [-0.2, -0.15) is 0 Å². The van der Waals surface area contributed by atoms with Crippen molar-refractivity contribution in [3.63, 3.8) is 0 Å². The van der Waals surface area contributed by atoms with Crippen LogP contribution in [0.15, 0.2) is 23.0 Å². The second-order valence-corrected chi connectivity index (χ2v) is 7.86. The van der Waals surface area contributed by atoms with Crippen LogP contribution >= 0.6 is 11.6 Å². The zero-order valence-electron chi connectivity index (χ0n) is 15.4. The number of hydrogen-bond acceptors (Lipinski definition) is 4. The van der Waals surface area contributed by atoms with Crippen molar-refractivity contribution in [1.82, 2.24) is 18.9 Å². The average molecular weight is 379 g/mol. The number of piperidine rings is 1. The minimum absolute atomic E-state index is 0.102. The van der Waals surface area contributed by atoms with Crippen molar-refractivity contribution >= 4 is 22.6 Å². The summed E-state index contributed by atoms with van der Waals surface area (Å²) in [5.74, 6) is 0. The summed E-state index contributed by atoms with van der Waals surface area (Å²) >= 11 is 6.25. The van der Waals surface area contributed by atoms with E-state index in [9.17, 15) is 4.79 Å². The van der Waals surface area contributed by atoms with Crippen LogP contribution in [0.4, 0.5) is 0 Å². The molecule has 7 heteroatoms. The lowest BCUT2D eigenvalue weighted by molar-refractivity contribution is 0.0364. The number of imidazole rings is 1. The van der Waals surface area contributed by atoms with Gasteiger partial charge >= 0.3 is 5.69 Å². The van der Waals surface area contributed by atoms with Crippen molar-refractivity contribution in [2.24, 2.45) is 0 Å². The first-order valence-corrected chi connectivity index (χ1v) is 9.90. The van der Waals surface area contributed by atoms with Crippen molar-refractivity contribution in [3.05, 3.63) is 33.7 Å². The maximum Gasteiger partial charge on any atom is 0.329 e. The van der Waals surface area contributed by atoms with Gasteiger partial charge in [0.2, 0.25) is 0 Å². The van der Waals surface area contributed by atoms with Crippen molar-refractivity contribution in [2.45, 2.75) is 25.4 Å². The highest BCUT2D eigenvalue weighted by Gasteiger charge is 2.24. The van der Waals surface area contributed by atoms with Crippen LogP contribution in [0.5, 0.6) is 0 Å². The number of fused-ring (bicyclic) bond motifs is 1. The third-order valence-electron chi connectivity index (χ3n) is 5.72. The lowest BCUT2D eigenvalue weighted by atomic mass is 10.1. The average Bonchev–Trinajstić information content (AvgIpc) is 2.92. The fraction of sp³-hybridized carbons (Fsp3) is 0.632. The number of nitrogens with zero attached hydrogens (tertiary/aromatic N) is 4. The molecule has 0 radical (unpaired) electrons. The Morgan fingerprint density at radius 2 is 1.81 bits per heavy atom. The number of rotatable bonds is 4. The summed E-state index contributed by atoms with van der Waals surface area (Å²) in [5.41, 5.74) is 2.07. The van der Waals surface area contributed by atoms with Crippen LogP contribution in [0, 0.1) is 0 Å². The number of benzene rings is 1. The molecule has 2 aromatic rings. The molecule has 26 heavy (non-hydrogen) atoms. The number of halogens is 1. The van der Waals surface area contributed by atoms with Crippen LogP contribution < -0.4 is 5.69 Å². The normalized spacial score (nSPS) is 20.8. The Kier molecular flexibility index (Phi) is 5.36. The molecule has 1 aromatic heterocycles. The van der Waals surface area contributed by atoms with Crippen LogP contribution in [0.25, 0.3) is 11.0 Å². The molecule has 0 unspecified atom stereocenters. The first-order valence-electron chi connectivity index (χ1n) is 9.52. The van der Waals surface area contributed by atoms with E-state index >= 15 is 0 Å². The third kappa shape index (κ3) is 3.56. The van der Waals surface area contributed by atoms with Gasteiger partial charge < -0.3 is 9.64 Å². The Labute approximate surface area is 158 Å². The van der Waals surface area contributed by atoms with Crippen molar-refractivity contribution in [2.75, 3.05) is 53.0 Å². The molecule has 0 bridgehead atoms. The van der Waals surface area contributed by atoms with Gasteiger partial charge in [-0.3, -0.25) is 14.0 Å². The number of ether oxygens (including phenoxy) is 1. The molecule has 0 amide bonds. The first-order chi connectivity index (χ1) is 12.6. The summed E-state index contributed by atoms with van der Waals surface area (Å²) < 4.78 is 9.34. The second kappa shape index (κ2) is 7.72. The molecular weight excluding hydrogens is 352 g/mol. The summed E-state index contributed by atoms with van der Waals surface area (Å²) in [6.45, 7) is 7.04. The predicted octanol–water partition coefficient (Wildman–Crippen LogP) is 2.06. The maximum absolute atomic E-state index is 13.3. The van der Waals surface area contributed by atoms with Gasteiger partial charge in [0.1, 0.15) is 0 Å². The lowest BCUT2D eigenvalue weighted by Crippen LogP contribution is -2.40. The van der Waals surface area contributed by atoms with E-state index in [4.69, 9.17) is 16.3 Å². The standard InChI is InChI=1S/C19H27ClN4O2/c1-21-6-4-16(5-7-21)24-17-3-2-15(20)14-18(17)23(19(24)25)9-8-22-10-12-26-13-11-22/h2-3,14,16H,4-13H2,1H3. The molecule has 2 aliphatic rings. The van der Waals surface area contributed by atoms with Gasteiger partial charge in [-0.05, 0) is 51.2 Å². The molecule has 142 valence electrons. The molecule has 0 aliphatic carbocycles. The monoisotopic (exact) mass is 378 g/mol. The largest absolute Gasteiger partial charge is 0.379 e. The van der Waals surface area contributed by atoms with Crippen LogP contribution in [0.1, 0.15) is 18.9 Å². The molecule has 0 spiro atoms. The Bertz CT molecular complexity index is 817. The summed E-state index contributed by atoms with van der Waals surface area (Å²) in [7, 11) is 2.14. The Morgan fingerprint density at radius 3 is 2.54 bits per heavy atom. The lowest BCUT2D eigenvalue weighted by Gasteiger charge is -2.29. The molecule has 4 rings (SSSR count). The van der Waals surface area contributed by atoms with Crippen LogP contribution in [-0.4, -0.2) is 71.9 Å². The molecule has 3 heterocycles. The molecule has 6 nitrogen and oxygen atoms in total. The van der Waals surface area contributed by atoms with E-state index in [0.29, 0.717) is 11.6 Å². The molecule has 0 N–H and O–H groups in total. The first kappa shape index (κ1) is 18.0. The number of hydrogen-bond donors (Lipinski definition) is 0. The Balaban J connectivity index is 1.66. The molecule has 0 atom stereocenters. The summed E-state index contributed by atoms with van der Waals surface area (Å²) in [4.78, 5) is 18.0. The molecule has 2 aliphatic heterocycles. The fourth-order valence-corrected chi connectivity index (χ4v) is 4.31. The van der Waals surface area contributed by atoms with Gasteiger partial charge in [0.05, 0.1) is 24.2 Å². The quantitative estimate of drug-likeness (QED) is 0.816. The smallest absolute Gasteiger partial charge is 0.329 e. The highest BCUT2D eigenvalue weighted by Crippen LogP contribution is 2.27. The van der Waals surface area contributed by atoms with E-state index in [1.165, 1.54) is 0 Å². The van der Waals surface area contributed by atoms with Gasteiger partial charge in [0.15, 0.2) is 0 Å². The molecular formula is C19H27ClN4O2. The Morgan fingerprint density at radius 1 is 1.08 bits per heavy atom. The zero-order chi connectivity index (χ0) is 18.1. The van der Waals surface area contributed by atoms with Gasteiger partial charge in [-0.25, -0.2) is 4.79 Å². The molecule has 2 saturated heterocycles. The minimum Gasteiger partial charge on any atom is -0.379 e. The molecule has 1 aromatic carbocycles. The zero-order valence-corrected chi connectivity index (χ0v) is 16.1. The van der Waals surface area contributed by atoms with Gasteiger partial charge in [0.25, 0.3) is 0 Å². The summed E-state index contributed by atoms with van der Waals surface area (Å²) in [5, 5.41) is 0.679. The van der Waals surface area contributed by atoms with Crippen molar-refractivity contribution in [3.8, 4) is 0 Å². The van der Waals surface area contributed by atoms with E-state index in [1.807, 2.05) is 27.3 Å². The predicted molar refractivity (Wildman–Crippen MR) is 104 cm³/mol. The highest BCUT2D eigenvalue weighted by molar-refractivity contribution is 6.31. The van der Waals surface area contributed by atoms with Crippen LogP contribution in [0.2, 0.25) is 5.02 Å². The molecule has 2 fully saturated rings. The maximum atomic E-state index is 13.3. The van der Waals surface area contributed by atoms with Gasteiger partial charge in [-0.1, -0.05) is 11.6 Å². The van der Waals surface area contributed by atoms with E-state index in [1.54, 1.807) is 0 Å². The van der Waals surface area contributed by atoms with Gasteiger partial charge in [-0.15, -0.1) is 0 Å². The SMILES string of the molecule is CN1CCC(n2c(=O)n(CCN3CCOCC3)c3cc(Cl)ccc32)CC1. The van der Waals surface area contributed by atoms with Crippen LogP contribution in [-0.2, 0) is 11.3 Å². The van der Waals surface area contributed by atoms with E-state index < -0.39 is 0 Å². The number of morpholine rings is 1. The third-order valence-corrected chi connectivity index (χ3v) is 5.96. The summed E-state index contributed by atoms with van der Waals surface area (Å²) in [6.07, 6.45) is 2.03. The topological polar surface area (TPSA) is 42.6 Å². The van der Waals surface area contributed by atoms with Crippen LogP contribution in [0.3, 0.4) is 0 Å². The molecule has 0 saturated carbocycles. The van der Waals surface area contributed by atoms with E-state index in [-0.39, 0.29) is 11.7 Å². The van der Waals surface area contributed by atoms with Crippen molar-refractivity contribution < 1.29 is 4.74 Å². The van der Waals surface area contributed by atoms with E-state index in [0.717, 1.165) is 69.8 Å². The number of likely N-dealkylation sites (tertiary alicyclic amines) is 1. The van der Waals surface area contributed by atoms with Crippen molar-refractivity contribution in [1.29, 1.82) is 0 Å². The minimum atomic E-state index is 0.102.